The van der Waals surface area contributed by atoms with Gasteiger partial charge in [-0.05, 0) is 12.1 Å². The van der Waals surface area contributed by atoms with E-state index in [1.165, 1.54) is 25.4 Å². The van der Waals surface area contributed by atoms with Crippen molar-refractivity contribution in [1.82, 2.24) is 9.97 Å². The average Bonchev–Trinajstić information content (AvgIpc) is 2.37. The molecule has 0 aliphatic carbocycles. The summed E-state index contributed by atoms with van der Waals surface area (Å²) in [6.45, 7) is 0. The van der Waals surface area contributed by atoms with Crippen LogP contribution in [0, 0.1) is 0 Å². The quantitative estimate of drug-likeness (QED) is 0.842. The monoisotopic (exact) mass is 297 g/mol. The lowest BCUT2D eigenvalue weighted by Gasteiger charge is -2.18. The third kappa shape index (κ3) is 2.23. The fraction of sp³-hybridized carbons (Fsp3) is 0.182. The molecule has 0 fully saturated rings. The summed E-state index contributed by atoms with van der Waals surface area (Å²) < 4.78 is 24.0. The van der Waals surface area contributed by atoms with Gasteiger partial charge in [0.15, 0.2) is 17.3 Å². The minimum Gasteiger partial charge on any atom is -0.504 e. The van der Waals surface area contributed by atoms with Gasteiger partial charge in [-0.1, -0.05) is 0 Å². The zero-order valence-corrected chi connectivity index (χ0v) is 11.4. The molecule has 8 nitrogen and oxygen atoms in total. The van der Waals surface area contributed by atoms with Gasteiger partial charge in [0.2, 0.25) is 10.0 Å². The summed E-state index contributed by atoms with van der Waals surface area (Å²) in [5.41, 5.74) is -0.674. The number of hydrogen-bond donors (Lipinski definition) is 2. The van der Waals surface area contributed by atoms with Gasteiger partial charge in [-0.3, -0.25) is 9.29 Å². The molecule has 0 aromatic carbocycles. The molecule has 2 heterocycles. The van der Waals surface area contributed by atoms with Crippen LogP contribution in [0.2, 0.25) is 0 Å². The van der Waals surface area contributed by atoms with Gasteiger partial charge in [0.25, 0.3) is 0 Å². The molecule has 0 aliphatic rings. The van der Waals surface area contributed by atoms with Crippen molar-refractivity contribution in [1.29, 1.82) is 0 Å². The number of anilines is 1. The van der Waals surface area contributed by atoms with Crippen LogP contribution in [0.1, 0.15) is 10.5 Å². The summed E-state index contributed by atoms with van der Waals surface area (Å²) in [4.78, 5) is 18.7. The van der Waals surface area contributed by atoms with Gasteiger partial charge < -0.3 is 10.2 Å². The molecule has 2 aromatic heterocycles. The molecule has 106 valence electrons. The molecular formula is C11H11N3O5S. The molecule has 0 saturated carbocycles. The van der Waals surface area contributed by atoms with E-state index < -0.39 is 27.4 Å². The number of sulfonamides is 1. The lowest BCUT2D eigenvalue weighted by atomic mass is 10.2. The van der Waals surface area contributed by atoms with Crippen molar-refractivity contribution in [3.8, 4) is 5.75 Å². The smallest absolute Gasteiger partial charge is 0.358 e. The van der Waals surface area contributed by atoms with E-state index in [4.69, 9.17) is 5.11 Å². The van der Waals surface area contributed by atoms with Crippen molar-refractivity contribution in [3.05, 3.63) is 24.0 Å². The molecule has 2 rings (SSSR count). The van der Waals surface area contributed by atoms with E-state index >= 15 is 0 Å². The number of rotatable bonds is 3. The molecule has 20 heavy (non-hydrogen) atoms. The Kier molecular flexibility index (Phi) is 3.22. The van der Waals surface area contributed by atoms with Crippen LogP contribution in [0.25, 0.3) is 10.9 Å². The number of carboxylic acid groups (broad SMARTS) is 1. The van der Waals surface area contributed by atoms with Crippen molar-refractivity contribution >= 4 is 32.7 Å². The Morgan fingerprint density at radius 1 is 1.40 bits per heavy atom. The van der Waals surface area contributed by atoms with Crippen LogP contribution < -0.4 is 4.31 Å². The second-order valence-corrected chi connectivity index (χ2v) is 6.08. The topological polar surface area (TPSA) is 121 Å². The molecule has 0 saturated heterocycles. The molecule has 0 spiro atoms. The van der Waals surface area contributed by atoms with Crippen molar-refractivity contribution < 1.29 is 23.4 Å². The third-order valence-electron chi connectivity index (χ3n) is 2.71. The number of aromatic hydroxyl groups is 1. The standard InChI is InChI=1S/C11H11N3O5S/c1-14(20(2,18)19)10-6-4-3-5-12-7(6)9(15)8(13-10)11(16)17/h3-5,15H,1-2H3,(H,16,17). The Labute approximate surface area is 114 Å². The number of aromatic nitrogens is 2. The van der Waals surface area contributed by atoms with Crippen molar-refractivity contribution in [2.45, 2.75) is 0 Å². The zero-order valence-electron chi connectivity index (χ0n) is 10.6. The maximum atomic E-state index is 11.6. The van der Waals surface area contributed by atoms with Crippen molar-refractivity contribution in [2.75, 3.05) is 17.6 Å². The largest absolute Gasteiger partial charge is 0.504 e. The van der Waals surface area contributed by atoms with E-state index in [-0.39, 0.29) is 16.7 Å². The molecular weight excluding hydrogens is 286 g/mol. The number of carboxylic acids is 1. The fourth-order valence-electron chi connectivity index (χ4n) is 1.65. The Morgan fingerprint density at radius 3 is 2.60 bits per heavy atom. The summed E-state index contributed by atoms with van der Waals surface area (Å²) in [5, 5.41) is 19.1. The van der Waals surface area contributed by atoms with Crippen molar-refractivity contribution in [2.24, 2.45) is 0 Å². The van der Waals surface area contributed by atoms with Gasteiger partial charge in [0, 0.05) is 18.6 Å². The lowest BCUT2D eigenvalue weighted by Crippen LogP contribution is -2.26. The second-order valence-electron chi connectivity index (χ2n) is 4.07. The number of hydrogen-bond acceptors (Lipinski definition) is 6. The first-order valence-corrected chi connectivity index (χ1v) is 7.23. The SMILES string of the molecule is CN(c1nc(C(=O)O)c(O)c2ncccc12)S(C)(=O)=O. The van der Waals surface area contributed by atoms with E-state index in [1.807, 2.05) is 0 Å². The van der Waals surface area contributed by atoms with Gasteiger partial charge in [-0.15, -0.1) is 0 Å². The predicted octanol–water partition coefficient (Wildman–Crippen LogP) is 0.429. The maximum absolute atomic E-state index is 11.6. The number of nitrogens with zero attached hydrogens (tertiary/aromatic N) is 3. The van der Waals surface area contributed by atoms with Gasteiger partial charge in [-0.2, -0.15) is 0 Å². The summed E-state index contributed by atoms with van der Waals surface area (Å²) in [5.74, 6) is -2.18. The van der Waals surface area contributed by atoms with Gasteiger partial charge in [0.05, 0.1) is 6.26 Å². The van der Waals surface area contributed by atoms with Crippen molar-refractivity contribution in [3.63, 3.8) is 0 Å². The first-order chi connectivity index (χ1) is 9.23. The molecule has 0 unspecified atom stereocenters. The molecule has 2 aromatic rings. The normalized spacial score (nSPS) is 11.5. The summed E-state index contributed by atoms with van der Waals surface area (Å²) in [6.07, 6.45) is 2.32. The second kappa shape index (κ2) is 4.60. The highest BCUT2D eigenvalue weighted by Gasteiger charge is 2.24. The first-order valence-electron chi connectivity index (χ1n) is 5.38. The molecule has 0 radical (unpaired) electrons. The number of fused-ring (bicyclic) bond motifs is 1. The van der Waals surface area contributed by atoms with E-state index in [0.29, 0.717) is 0 Å². The predicted molar refractivity (Wildman–Crippen MR) is 71.4 cm³/mol. The first kappa shape index (κ1) is 14.0. The van der Waals surface area contributed by atoms with E-state index in [0.717, 1.165) is 10.6 Å². The molecule has 0 bridgehead atoms. The van der Waals surface area contributed by atoms with Gasteiger partial charge in [0.1, 0.15) is 5.52 Å². The van der Waals surface area contributed by atoms with Crippen LogP contribution in [0.5, 0.6) is 5.75 Å². The van der Waals surface area contributed by atoms with Crippen LogP contribution in [-0.4, -0.2) is 47.9 Å². The van der Waals surface area contributed by atoms with E-state index in [1.54, 1.807) is 0 Å². The highest BCUT2D eigenvalue weighted by atomic mass is 32.2. The molecule has 0 atom stereocenters. The lowest BCUT2D eigenvalue weighted by molar-refractivity contribution is 0.0687. The van der Waals surface area contributed by atoms with Gasteiger partial charge >= 0.3 is 5.97 Å². The van der Waals surface area contributed by atoms with E-state index in [2.05, 4.69) is 9.97 Å². The maximum Gasteiger partial charge on any atom is 0.358 e. The number of aromatic carboxylic acids is 1. The Balaban J connectivity index is 2.90. The van der Waals surface area contributed by atoms with Gasteiger partial charge in [-0.25, -0.2) is 18.2 Å². The Bertz CT molecular complexity index is 803. The minimum atomic E-state index is -3.63. The highest BCUT2D eigenvalue weighted by molar-refractivity contribution is 7.92. The van der Waals surface area contributed by atoms with Crippen LogP contribution in [0.15, 0.2) is 18.3 Å². The Hall–Kier alpha value is -2.42. The molecule has 0 amide bonds. The minimum absolute atomic E-state index is 0.0228. The van der Waals surface area contributed by atoms with Crippen LogP contribution in [-0.2, 0) is 10.0 Å². The summed E-state index contributed by atoms with van der Waals surface area (Å²) >= 11 is 0. The van der Waals surface area contributed by atoms with Crippen LogP contribution in [0.4, 0.5) is 5.82 Å². The summed E-state index contributed by atoms with van der Waals surface area (Å²) in [6, 6.07) is 3.03. The third-order valence-corrected chi connectivity index (χ3v) is 3.88. The highest BCUT2D eigenvalue weighted by Crippen LogP contribution is 2.32. The fourth-order valence-corrected chi connectivity index (χ4v) is 2.11. The number of pyridine rings is 2. The molecule has 2 N–H and O–H groups in total. The van der Waals surface area contributed by atoms with Crippen LogP contribution >= 0.6 is 0 Å². The molecule has 0 aliphatic heterocycles. The zero-order chi connectivity index (χ0) is 15.1. The Morgan fingerprint density at radius 2 is 2.05 bits per heavy atom. The summed E-state index contributed by atoms with van der Waals surface area (Å²) in [7, 11) is -2.39. The van der Waals surface area contributed by atoms with E-state index in [9.17, 15) is 18.3 Å². The molecule has 9 heteroatoms. The van der Waals surface area contributed by atoms with Crippen LogP contribution in [0.3, 0.4) is 0 Å². The number of carbonyl (C=O) groups is 1. The average molecular weight is 297 g/mol.